The largest absolute Gasteiger partial charge is 0.450 e. The van der Waals surface area contributed by atoms with E-state index >= 15 is 0 Å². The number of amides is 1. The maximum atomic E-state index is 13.4. The van der Waals surface area contributed by atoms with Crippen molar-refractivity contribution in [2.45, 2.75) is 25.8 Å². The summed E-state index contributed by atoms with van der Waals surface area (Å²) >= 11 is 0. The Kier molecular flexibility index (Phi) is 4.36. The first-order valence-corrected chi connectivity index (χ1v) is 8.40. The summed E-state index contributed by atoms with van der Waals surface area (Å²) in [6.45, 7) is 1.80. The molecule has 21 heavy (non-hydrogen) atoms. The third-order valence-electron chi connectivity index (χ3n) is 2.94. The van der Waals surface area contributed by atoms with Crippen molar-refractivity contribution in [1.29, 1.82) is 0 Å². The summed E-state index contributed by atoms with van der Waals surface area (Å²) in [5.74, 6) is -0.574. The van der Waals surface area contributed by atoms with Crippen molar-refractivity contribution in [3.63, 3.8) is 0 Å². The van der Waals surface area contributed by atoms with Gasteiger partial charge in [0.25, 0.3) is 0 Å². The zero-order valence-electron chi connectivity index (χ0n) is 11.8. The summed E-state index contributed by atoms with van der Waals surface area (Å²) in [6, 6.07) is 3.43. The summed E-state index contributed by atoms with van der Waals surface area (Å²) in [5.41, 5.74) is 0.320. The lowest BCUT2D eigenvalue weighted by molar-refractivity contribution is 0.168. The van der Waals surface area contributed by atoms with E-state index in [0.717, 1.165) is 31.2 Å². The third-order valence-corrected chi connectivity index (χ3v) is 4.15. The Bertz CT molecular complexity index is 644. The van der Waals surface area contributed by atoms with Gasteiger partial charge < -0.3 is 4.74 Å². The van der Waals surface area contributed by atoms with Crippen LogP contribution in [-0.4, -0.2) is 33.4 Å². The van der Waals surface area contributed by atoms with Gasteiger partial charge in [-0.15, -0.1) is 0 Å². The van der Waals surface area contributed by atoms with Gasteiger partial charge in [0.05, 0.1) is 24.2 Å². The minimum absolute atomic E-state index is 0.0748. The summed E-state index contributed by atoms with van der Waals surface area (Å²) < 4.78 is 43.3. The van der Waals surface area contributed by atoms with Crippen LogP contribution < -0.4 is 9.62 Å². The van der Waals surface area contributed by atoms with Gasteiger partial charge in [-0.1, -0.05) is 0 Å². The maximum absolute atomic E-state index is 13.4. The molecule has 0 atom stereocenters. The van der Waals surface area contributed by atoms with Crippen LogP contribution in [-0.2, 0) is 14.8 Å². The number of carbonyl (C=O) groups is 1. The molecule has 1 N–H and O–H groups in total. The van der Waals surface area contributed by atoms with E-state index in [4.69, 9.17) is 4.74 Å². The SMILES string of the molecule is CCOC(=O)Nc1cc(F)ccc1N(C1CC1)S(C)(=O)=O. The molecule has 0 aromatic heterocycles. The van der Waals surface area contributed by atoms with Gasteiger partial charge in [-0.05, 0) is 38.0 Å². The molecule has 0 unspecified atom stereocenters. The first-order valence-electron chi connectivity index (χ1n) is 6.55. The van der Waals surface area contributed by atoms with Crippen LogP contribution in [0.1, 0.15) is 19.8 Å². The first kappa shape index (κ1) is 15.6. The second kappa shape index (κ2) is 5.88. The minimum atomic E-state index is -3.52. The highest BCUT2D eigenvalue weighted by molar-refractivity contribution is 7.92. The van der Waals surface area contributed by atoms with Crippen molar-refractivity contribution in [3.8, 4) is 0 Å². The smallest absolute Gasteiger partial charge is 0.411 e. The number of nitrogens with zero attached hydrogens (tertiary/aromatic N) is 1. The van der Waals surface area contributed by atoms with Gasteiger partial charge in [-0.25, -0.2) is 17.6 Å². The highest BCUT2D eigenvalue weighted by Gasteiger charge is 2.36. The molecule has 0 heterocycles. The molecule has 0 spiro atoms. The van der Waals surface area contributed by atoms with Crippen molar-refractivity contribution >= 4 is 27.5 Å². The van der Waals surface area contributed by atoms with Gasteiger partial charge >= 0.3 is 6.09 Å². The molecule has 1 aromatic carbocycles. The Morgan fingerprint density at radius 3 is 2.67 bits per heavy atom. The van der Waals surface area contributed by atoms with E-state index in [2.05, 4.69) is 5.32 Å². The normalized spacial score (nSPS) is 14.6. The van der Waals surface area contributed by atoms with E-state index in [1.165, 1.54) is 10.4 Å². The van der Waals surface area contributed by atoms with Crippen LogP contribution in [0.25, 0.3) is 0 Å². The number of carbonyl (C=O) groups excluding carboxylic acids is 1. The topological polar surface area (TPSA) is 75.7 Å². The Morgan fingerprint density at radius 1 is 1.48 bits per heavy atom. The van der Waals surface area contributed by atoms with Crippen LogP contribution in [0.4, 0.5) is 20.6 Å². The highest BCUT2D eigenvalue weighted by Crippen LogP contribution is 2.38. The zero-order valence-corrected chi connectivity index (χ0v) is 12.6. The molecule has 1 aliphatic carbocycles. The van der Waals surface area contributed by atoms with Gasteiger partial charge in [0.2, 0.25) is 10.0 Å². The van der Waals surface area contributed by atoms with Crippen LogP contribution in [0.3, 0.4) is 0 Å². The number of nitrogens with one attached hydrogen (secondary N) is 1. The molecule has 1 aromatic rings. The molecule has 116 valence electrons. The molecule has 0 radical (unpaired) electrons. The molecule has 2 rings (SSSR count). The van der Waals surface area contributed by atoms with E-state index < -0.39 is 21.9 Å². The monoisotopic (exact) mass is 316 g/mol. The zero-order chi connectivity index (χ0) is 15.6. The summed E-state index contributed by atoms with van der Waals surface area (Å²) in [4.78, 5) is 11.5. The Hall–Kier alpha value is -1.83. The molecular formula is C13H17FN2O4S. The second-order valence-electron chi connectivity index (χ2n) is 4.80. The standard InChI is InChI=1S/C13H17FN2O4S/c1-3-20-13(17)15-11-8-9(14)4-7-12(11)16(10-5-6-10)21(2,18)19/h4,7-8,10H,3,5-6H2,1-2H3,(H,15,17). The van der Waals surface area contributed by atoms with Gasteiger partial charge in [0.15, 0.2) is 0 Å². The summed E-state index contributed by atoms with van der Waals surface area (Å²) in [7, 11) is -3.52. The van der Waals surface area contributed by atoms with Gasteiger partial charge in [0, 0.05) is 6.04 Å². The van der Waals surface area contributed by atoms with Crippen LogP contribution in [0.15, 0.2) is 18.2 Å². The number of anilines is 2. The Labute approximate surface area is 122 Å². The van der Waals surface area contributed by atoms with E-state index in [0.29, 0.717) is 0 Å². The van der Waals surface area contributed by atoms with Crippen molar-refractivity contribution in [3.05, 3.63) is 24.0 Å². The highest BCUT2D eigenvalue weighted by atomic mass is 32.2. The third kappa shape index (κ3) is 3.84. The molecule has 1 amide bonds. The quantitative estimate of drug-likeness (QED) is 0.904. The molecule has 1 aliphatic rings. The number of benzene rings is 1. The number of sulfonamides is 1. The second-order valence-corrected chi connectivity index (χ2v) is 6.66. The van der Waals surface area contributed by atoms with Gasteiger partial charge in [-0.3, -0.25) is 9.62 Å². The van der Waals surface area contributed by atoms with Crippen molar-refractivity contribution in [2.75, 3.05) is 22.5 Å². The lowest BCUT2D eigenvalue weighted by atomic mass is 10.2. The van der Waals surface area contributed by atoms with E-state index in [9.17, 15) is 17.6 Å². The van der Waals surface area contributed by atoms with E-state index in [1.54, 1.807) is 6.92 Å². The molecular weight excluding hydrogens is 299 g/mol. The molecule has 1 fully saturated rings. The number of hydrogen-bond donors (Lipinski definition) is 1. The number of halogens is 1. The predicted molar refractivity (Wildman–Crippen MR) is 77.4 cm³/mol. The molecule has 6 nitrogen and oxygen atoms in total. The predicted octanol–water partition coefficient (Wildman–Crippen LogP) is 2.32. The minimum Gasteiger partial charge on any atom is -0.450 e. The van der Waals surface area contributed by atoms with Crippen molar-refractivity contribution in [1.82, 2.24) is 0 Å². The number of hydrogen-bond acceptors (Lipinski definition) is 4. The Balaban J connectivity index is 2.40. The molecule has 0 saturated heterocycles. The lowest BCUT2D eigenvalue weighted by Crippen LogP contribution is -2.33. The number of ether oxygens (including phenoxy) is 1. The fourth-order valence-electron chi connectivity index (χ4n) is 2.03. The van der Waals surface area contributed by atoms with Crippen LogP contribution in [0.5, 0.6) is 0 Å². The maximum Gasteiger partial charge on any atom is 0.411 e. The van der Waals surface area contributed by atoms with E-state index in [-0.39, 0.29) is 24.0 Å². The van der Waals surface area contributed by atoms with Gasteiger partial charge in [-0.2, -0.15) is 0 Å². The van der Waals surface area contributed by atoms with Crippen molar-refractivity contribution in [2.24, 2.45) is 0 Å². The molecule has 1 saturated carbocycles. The average Bonchev–Trinajstić information content (AvgIpc) is 3.15. The van der Waals surface area contributed by atoms with Crippen LogP contribution in [0.2, 0.25) is 0 Å². The van der Waals surface area contributed by atoms with Gasteiger partial charge in [0.1, 0.15) is 5.82 Å². The summed E-state index contributed by atoms with van der Waals surface area (Å²) in [6.07, 6.45) is 1.81. The lowest BCUT2D eigenvalue weighted by Gasteiger charge is -2.24. The fraction of sp³-hybridized carbons (Fsp3) is 0.462. The van der Waals surface area contributed by atoms with Crippen LogP contribution in [0, 0.1) is 5.82 Å². The average molecular weight is 316 g/mol. The number of rotatable bonds is 5. The molecule has 8 heteroatoms. The van der Waals surface area contributed by atoms with Crippen LogP contribution >= 0.6 is 0 Å². The van der Waals surface area contributed by atoms with Crippen molar-refractivity contribution < 1.29 is 22.3 Å². The Morgan fingerprint density at radius 2 is 2.14 bits per heavy atom. The molecule has 0 aliphatic heterocycles. The fourth-order valence-corrected chi connectivity index (χ4v) is 3.30. The van der Waals surface area contributed by atoms with E-state index in [1.807, 2.05) is 0 Å². The first-order chi connectivity index (χ1) is 9.82. The summed E-state index contributed by atoms with van der Waals surface area (Å²) in [5, 5.41) is 2.38. The molecule has 0 bridgehead atoms.